The molecule has 0 aromatic rings. The van der Waals surface area contributed by atoms with Crippen molar-refractivity contribution in [1.29, 1.82) is 0 Å². The highest BCUT2D eigenvalue weighted by Gasteiger charge is 2.37. The number of carbonyl (C=O) groups is 2. The number of hydrogen-bond acceptors (Lipinski definition) is 3. The van der Waals surface area contributed by atoms with Crippen LogP contribution in [0.25, 0.3) is 0 Å². The molecular weight excluding hydrogens is 246 g/mol. The van der Waals surface area contributed by atoms with E-state index in [2.05, 4.69) is 0 Å². The third kappa shape index (κ3) is 3.80. The van der Waals surface area contributed by atoms with Crippen LogP contribution in [0.3, 0.4) is 0 Å². The summed E-state index contributed by atoms with van der Waals surface area (Å²) in [6, 6.07) is -0.0390. The zero-order valence-corrected chi connectivity index (χ0v) is 11.8. The number of allylic oxidation sites excluding steroid dienone is 2. The van der Waals surface area contributed by atoms with Crippen LogP contribution >= 0.6 is 0 Å². The van der Waals surface area contributed by atoms with Crippen LogP contribution in [0.4, 0.5) is 0 Å². The van der Waals surface area contributed by atoms with Crippen LogP contribution in [0, 0.1) is 11.8 Å². The quantitative estimate of drug-likeness (QED) is 0.743. The van der Waals surface area contributed by atoms with Gasteiger partial charge in [-0.1, -0.05) is 12.2 Å². The minimum atomic E-state index is -0.891. The molecular formula is C14H23NO4. The number of hydrogen-bond donors (Lipinski definition) is 1. The van der Waals surface area contributed by atoms with Gasteiger partial charge in [-0.2, -0.15) is 0 Å². The normalized spacial score (nSPS) is 23.9. The standard InChI is InChI=1S/C14H23NO4/c1-4-15(10(2)9-19-3)13(16)11-7-5-6-8-12(11)14(17)18/h5-6,10-12H,4,7-9H2,1-3H3,(H,17,18). The van der Waals surface area contributed by atoms with Crippen molar-refractivity contribution in [2.24, 2.45) is 11.8 Å². The minimum Gasteiger partial charge on any atom is -0.481 e. The van der Waals surface area contributed by atoms with Crippen molar-refractivity contribution < 1.29 is 19.4 Å². The fourth-order valence-electron chi connectivity index (χ4n) is 2.59. The van der Waals surface area contributed by atoms with E-state index >= 15 is 0 Å². The Kier molecular flexibility index (Phi) is 6.02. The van der Waals surface area contributed by atoms with Crippen LogP contribution in [-0.4, -0.2) is 48.2 Å². The average Bonchev–Trinajstić information content (AvgIpc) is 2.39. The Balaban J connectivity index is 2.83. The Morgan fingerprint density at radius 1 is 1.37 bits per heavy atom. The van der Waals surface area contributed by atoms with Gasteiger partial charge in [0.1, 0.15) is 0 Å². The van der Waals surface area contributed by atoms with Crippen LogP contribution in [0.15, 0.2) is 12.2 Å². The van der Waals surface area contributed by atoms with Gasteiger partial charge in [0, 0.05) is 13.7 Å². The van der Waals surface area contributed by atoms with Gasteiger partial charge in [-0.3, -0.25) is 9.59 Å². The maximum absolute atomic E-state index is 12.5. The summed E-state index contributed by atoms with van der Waals surface area (Å²) in [7, 11) is 1.60. The monoisotopic (exact) mass is 269 g/mol. The number of likely N-dealkylation sites (N-methyl/N-ethyl adjacent to an activating group) is 1. The molecule has 0 spiro atoms. The van der Waals surface area contributed by atoms with Gasteiger partial charge in [0.05, 0.1) is 24.5 Å². The van der Waals surface area contributed by atoms with Crippen molar-refractivity contribution >= 4 is 11.9 Å². The number of carboxylic acid groups (broad SMARTS) is 1. The van der Waals surface area contributed by atoms with E-state index in [-0.39, 0.29) is 11.9 Å². The summed E-state index contributed by atoms with van der Waals surface area (Å²) in [6.07, 6.45) is 4.68. The van der Waals surface area contributed by atoms with Gasteiger partial charge in [-0.05, 0) is 26.7 Å². The summed E-state index contributed by atoms with van der Waals surface area (Å²) in [4.78, 5) is 25.5. The average molecular weight is 269 g/mol. The first-order chi connectivity index (χ1) is 9.02. The SMILES string of the molecule is CCN(C(=O)C1CC=CCC1C(=O)O)C(C)COC. The second kappa shape index (κ2) is 7.28. The van der Waals surface area contributed by atoms with E-state index in [1.165, 1.54) is 0 Å². The Morgan fingerprint density at radius 3 is 2.42 bits per heavy atom. The topological polar surface area (TPSA) is 66.8 Å². The van der Waals surface area contributed by atoms with Crippen LogP contribution < -0.4 is 0 Å². The summed E-state index contributed by atoms with van der Waals surface area (Å²) >= 11 is 0. The molecule has 0 heterocycles. The highest BCUT2D eigenvalue weighted by Crippen LogP contribution is 2.28. The van der Waals surface area contributed by atoms with Crippen molar-refractivity contribution in [3.63, 3.8) is 0 Å². The summed E-state index contributed by atoms with van der Waals surface area (Å²) in [5.41, 5.74) is 0. The summed E-state index contributed by atoms with van der Waals surface area (Å²) in [5, 5.41) is 9.22. The number of nitrogens with zero attached hydrogens (tertiary/aromatic N) is 1. The molecule has 0 bridgehead atoms. The maximum atomic E-state index is 12.5. The van der Waals surface area contributed by atoms with Crippen LogP contribution in [0.5, 0.6) is 0 Å². The predicted molar refractivity (Wildman–Crippen MR) is 71.7 cm³/mol. The number of carboxylic acids is 1. The summed E-state index contributed by atoms with van der Waals surface area (Å²) in [6.45, 7) is 4.84. The van der Waals surface area contributed by atoms with Crippen molar-refractivity contribution in [2.45, 2.75) is 32.7 Å². The van der Waals surface area contributed by atoms with E-state index in [0.29, 0.717) is 26.0 Å². The second-order valence-corrected chi connectivity index (χ2v) is 4.92. The van der Waals surface area contributed by atoms with Crippen molar-refractivity contribution in [2.75, 3.05) is 20.3 Å². The molecule has 1 aliphatic carbocycles. The maximum Gasteiger partial charge on any atom is 0.307 e. The van der Waals surface area contributed by atoms with Gasteiger partial charge in [0.15, 0.2) is 0 Å². The Morgan fingerprint density at radius 2 is 1.95 bits per heavy atom. The van der Waals surface area contributed by atoms with Crippen LogP contribution in [-0.2, 0) is 14.3 Å². The van der Waals surface area contributed by atoms with Crippen molar-refractivity contribution in [3.05, 3.63) is 12.2 Å². The molecule has 1 rings (SSSR count). The first-order valence-electron chi connectivity index (χ1n) is 6.70. The number of ether oxygens (including phenoxy) is 1. The number of aliphatic carboxylic acids is 1. The fraction of sp³-hybridized carbons (Fsp3) is 0.714. The molecule has 0 radical (unpaired) electrons. The summed E-state index contributed by atoms with van der Waals surface area (Å²) in [5.74, 6) is -2.04. The molecule has 1 aliphatic rings. The zero-order chi connectivity index (χ0) is 14.4. The molecule has 108 valence electrons. The third-order valence-electron chi connectivity index (χ3n) is 3.63. The first-order valence-corrected chi connectivity index (χ1v) is 6.70. The van der Waals surface area contributed by atoms with Crippen molar-refractivity contribution in [3.8, 4) is 0 Å². The van der Waals surface area contributed by atoms with Crippen LogP contribution in [0.1, 0.15) is 26.7 Å². The number of carbonyl (C=O) groups excluding carboxylic acids is 1. The molecule has 0 aliphatic heterocycles. The van der Waals surface area contributed by atoms with Gasteiger partial charge in [0.2, 0.25) is 5.91 Å². The van der Waals surface area contributed by atoms with E-state index in [1.807, 2.05) is 26.0 Å². The first kappa shape index (κ1) is 15.7. The zero-order valence-electron chi connectivity index (χ0n) is 11.8. The Labute approximate surface area is 114 Å². The van der Waals surface area contributed by atoms with E-state index in [1.54, 1.807) is 12.0 Å². The minimum absolute atomic E-state index is 0.0390. The van der Waals surface area contributed by atoms with Crippen LogP contribution in [0.2, 0.25) is 0 Å². The van der Waals surface area contributed by atoms with Gasteiger partial charge < -0.3 is 14.7 Å². The molecule has 0 aromatic heterocycles. The molecule has 1 amide bonds. The van der Waals surface area contributed by atoms with Gasteiger partial charge in [-0.15, -0.1) is 0 Å². The molecule has 5 nitrogen and oxygen atoms in total. The van der Waals surface area contributed by atoms with Gasteiger partial charge in [0.25, 0.3) is 0 Å². The van der Waals surface area contributed by atoms with E-state index < -0.39 is 17.8 Å². The molecule has 19 heavy (non-hydrogen) atoms. The lowest BCUT2D eigenvalue weighted by Gasteiger charge is -2.34. The van der Waals surface area contributed by atoms with E-state index in [9.17, 15) is 14.7 Å². The number of methoxy groups -OCH3 is 1. The smallest absolute Gasteiger partial charge is 0.307 e. The lowest BCUT2D eigenvalue weighted by molar-refractivity contribution is -0.151. The largest absolute Gasteiger partial charge is 0.481 e. The lowest BCUT2D eigenvalue weighted by Crippen LogP contribution is -2.47. The Bertz CT molecular complexity index is 353. The molecule has 0 saturated carbocycles. The molecule has 5 heteroatoms. The second-order valence-electron chi connectivity index (χ2n) is 4.92. The molecule has 0 aromatic carbocycles. The highest BCUT2D eigenvalue weighted by atomic mass is 16.5. The van der Waals surface area contributed by atoms with Crippen molar-refractivity contribution in [1.82, 2.24) is 4.90 Å². The van der Waals surface area contributed by atoms with Gasteiger partial charge >= 0.3 is 5.97 Å². The van der Waals surface area contributed by atoms with E-state index in [4.69, 9.17) is 4.74 Å². The molecule has 3 unspecified atom stereocenters. The number of amides is 1. The molecule has 3 atom stereocenters. The molecule has 0 saturated heterocycles. The highest BCUT2D eigenvalue weighted by molar-refractivity contribution is 5.85. The predicted octanol–water partition coefficient (Wildman–Crippen LogP) is 1.54. The van der Waals surface area contributed by atoms with E-state index in [0.717, 1.165) is 0 Å². The summed E-state index contributed by atoms with van der Waals surface area (Å²) < 4.78 is 5.07. The fourth-order valence-corrected chi connectivity index (χ4v) is 2.59. The molecule has 0 fully saturated rings. The number of rotatable bonds is 6. The third-order valence-corrected chi connectivity index (χ3v) is 3.63. The molecule has 1 N–H and O–H groups in total. The Hall–Kier alpha value is -1.36. The lowest BCUT2D eigenvalue weighted by atomic mass is 9.82. The van der Waals surface area contributed by atoms with Gasteiger partial charge in [-0.25, -0.2) is 0 Å².